The lowest BCUT2D eigenvalue weighted by molar-refractivity contribution is -0.0591. The third kappa shape index (κ3) is 5.40. The second kappa shape index (κ2) is 8.62. The highest BCUT2D eigenvalue weighted by molar-refractivity contribution is 5.06. The lowest BCUT2D eigenvalue weighted by Gasteiger charge is -2.34. The average Bonchev–Trinajstić information content (AvgIpc) is 3.18. The molecule has 7 nitrogen and oxygen atoms in total. The van der Waals surface area contributed by atoms with Gasteiger partial charge in [-0.15, -0.1) is 0 Å². The molecule has 2 aromatic rings. The Labute approximate surface area is 148 Å². The SMILES string of the molecule is Cc1cc(C)n(CC2CN(CC(O)COCc3ccco3)CCO2)n1. The molecule has 0 saturated carbocycles. The highest BCUT2D eigenvalue weighted by Gasteiger charge is 2.23. The van der Waals surface area contributed by atoms with Crippen LogP contribution in [-0.4, -0.2) is 64.8 Å². The Morgan fingerprint density at radius 1 is 1.44 bits per heavy atom. The molecule has 1 aliphatic heterocycles. The lowest BCUT2D eigenvalue weighted by Crippen LogP contribution is -2.47. The first-order chi connectivity index (χ1) is 12.1. The van der Waals surface area contributed by atoms with Gasteiger partial charge < -0.3 is 19.0 Å². The summed E-state index contributed by atoms with van der Waals surface area (Å²) in [7, 11) is 0. The molecule has 2 aromatic heterocycles. The molecule has 0 amide bonds. The van der Waals surface area contributed by atoms with Gasteiger partial charge in [0.1, 0.15) is 12.4 Å². The molecule has 2 unspecified atom stereocenters. The van der Waals surface area contributed by atoms with Crippen molar-refractivity contribution in [3.8, 4) is 0 Å². The van der Waals surface area contributed by atoms with Crippen LogP contribution >= 0.6 is 0 Å². The Balaban J connectivity index is 1.40. The molecule has 1 fully saturated rings. The van der Waals surface area contributed by atoms with Gasteiger partial charge in [0.2, 0.25) is 0 Å². The van der Waals surface area contributed by atoms with E-state index in [-0.39, 0.29) is 6.10 Å². The summed E-state index contributed by atoms with van der Waals surface area (Å²) < 4.78 is 18.6. The summed E-state index contributed by atoms with van der Waals surface area (Å²) in [5.41, 5.74) is 2.17. The molecule has 0 aliphatic carbocycles. The van der Waals surface area contributed by atoms with Crippen LogP contribution in [0.1, 0.15) is 17.1 Å². The molecular formula is C18H27N3O4. The summed E-state index contributed by atoms with van der Waals surface area (Å²) in [5.74, 6) is 0.767. The van der Waals surface area contributed by atoms with Crippen molar-refractivity contribution in [3.63, 3.8) is 0 Å². The molecule has 0 aromatic carbocycles. The largest absolute Gasteiger partial charge is 0.467 e. The number of hydrogen-bond acceptors (Lipinski definition) is 6. The summed E-state index contributed by atoms with van der Waals surface area (Å²) in [4.78, 5) is 2.22. The predicted molar refractivity (Wildman–Crippen MR) is 92.3 cm³/mol. The maximum Gasteiger partial charge on any atom is 0.129 e. The van der Waals surface area contributed by atoms with Gasteiger partial charge in [0.15, 0.2) is 0 Å². The van der Waals surface area contributed by atoms with Crippen molar-refractivity contribution in [3.05, 3.63) is 41.6 Å². The third-order valence-electron chi connectivity index (χ3n) is 4.31. The summed E-state index contributed by atoms with van der Waals surface area (Å²) in [6, 6.07) is 5.75. The quantitative estimate of drug-likeness (QED) is 0.776. The zero-order chi connectivity index (χ0) is 17.6. The Hall–Kier alpha value is -1.67. The molecule has 25 heavy (non-hydrogen) atoms. The summed E-state index contributed by atoms with van der Waals surface area (Å²) in [5, 5.41) is 14.7. The standard InChI is InChI=1S/C18H27N3O4/c1-14-8-15(2)21(19-14)11-18-10-20(5-7-25-18)9-16(22)12-23-13-17-4-3-6-24-17/h3-4,6,8,16,18,22H,5,7,9-13H2,1-2H3. The van der Waals surface area contributed by atoms with Crippen LogP contribution in [0.3, 0.4) is 0 Å². The minimum Gasteiger partial charge on any atom is -0.467 e. The van der Waals surface area contributed by atoms with Crippen LogP contribution in [0.4, 0.5) is 0 Å². The molecular weight excluding hydrogens is 322 g/mol. The van der Waals surface area contributed by atoms with Gasteiger partial charge in [0.25, 0.3) is 0 Å². The molecule has 3 rings (SSSR count). The van der Waals surface area contributed by atoms with Crippen molar-refractivity contribution in [2.45, 2.75) is 39.2 Å². The maximum absolute atomic E-state index is 10.2. The molecule has 7 heteroatoms. The van der Waals surface area contributed by atoms with Crippen LogP contribution < -0.4 is 0 Å². The summed E-state index contributed by atoms with van der Waals surface area (Å²) >= 11 is 0. The van der Waals surface area contributed by atoms with E-state index in [0.29, 0.717) is 26.4 Å². The van der Waals surface area contributed by atoms with E-state index in [4.69, 9.17) is 13.9 Å². The van der Waals surface area contributed by atoms with Crippen LogP contribution in [0.5, 0.6) is 0 Å². The normalized spacial score (nSPS) is 20.0. The Kier molecular flexibility index (Phi) is 6.25. The summed E-state index contributed by atoms with van der Waals surface area (Å²) in [6.07, 6.45) is 1.18. The number of aliphatic hydroxyl groups excluding tert-OH is 1. The van der Waals surface area contributed by atoms with Gasteiger partial charge in [0.05, 0.1) is 43.9 Å². The number of hydrogen-bond donors (Lipinski definition) is 1. The van der Waals surface area contributed by atoms with Crippen LogP contribution in [0.15, 0.2) is 28.9 Å². The van der Waals surface area contributed by atoms with E-state index >= 15 is 0 Å². The number of rotatable bonds is 8. The van der Waals surface area contributed by atoms with E-state index < -0.39 is 6.10 Å². The number of morpholine rings is 1. The minimum atomic E-state index is -0.526. The molecule has 0 radical (unpaired) electrons. The second-order valence-electron chi connectivity index (χ2n) is 6.61. The first-order valence-corrected chi connectivity index (χ1v) is 8.73. The van der Waals surface area contributed by atoms with Crippen LogP contribution in [0.25, 0.3) is 0 Å². The first kappa shape index (κ1) is 18.1. The molecule has 1 aliphatic rings. The number of aryl methyl sites for hydroxylation is 2. The number of aliphatic hydroxyl groups is 1. The molecule has 1 N–H and O–H groups in total. The van der Waals surface area contributed by atoms with Crippen molar-refractivity contribution in [1.82, 2.24) is 14.7 Å². The van der Waals surface area contributed by atoms with E-state index in [2.05, 4.69) is 23.0 Å². The number of furan rings is 1. The number of nitrogens with zero attached hydrogens (tertiary/aromatic N) is 3. The van der Waals surface area contributed by atoms with Crippen molar-refractivity contribution < 1.29 is 19.0 Å². The minimum absolute atomic E-state index is 0.0861. The first-order valence-electron chi connectivity index (χ1n) is 8.73. The highest BCUT2D eigenvalue weighted by atomic mass is 16.5. The van der Waals surface area contributed by atoms with E-state index in [0.717, 1.165) is 36.8 Å². The van der Waals surface area contributed by atoms with Crippen LogP contribution in [0, 0.1) is 13.8 Å². The van der Waals surface area contributed by atoms with Crippen LogP contribution in [-0.2, 0) is 22.6 Å². The molecule has 138 valence electrons. The monoisotopic (exact) mass is 349 g/mol. The maximum atomic E-state index is 10.2. The third-order valence-corrected chi connectivity index (χ3v) is 4.31. The zero-order valence-electron chi connectivity index (χ0n) is 14.9. The van der Waals surface area contributed by atoms with Crippen molar-refractivity contribution >= 4 is 0 Å². The van der Waals surface area contributed by atoms with Crippen LogP contribution in [0.2, 0.25) is 0 Å². The Morgan fingerprint density at radius 2 is 2.32 bits per heavy atom. The average molecular weight is 349 g/mol. The van der Waals surface area contributed by atoms with Gasteiger partial charge in [-0.25, -0.2) is 0 Å². The molecule has 0 spiro atoms. The topological polar surface area (TPSA) is 72.9 Å². The molecule has 0 bridgehead atoms. The van der Waals surface area contributed by atoms with E-state index in [1.165, 1.54) is 0 Å². The van der Waals surface area contributed by atoms with Crippen molar-refractivity contribution in [2.24, 2.45) is 0 Å². The van der Waals surface area contributed by atoms with Crippen molar-refractivity contribution in [2.75, 3.05) is 32.8 Å². The van der Waals surface area contributed by atoms with Gasteiger partial charge in [-0.05, 0) is 32.0 Å². The Morgan fingerprint density at radius 3 is 3.04 bits per heavy atom. The second-order valence-corrected chi connectivity index (χ2v) is 6.61. The van der Waals surface area contributed by atoms with Gasteiger partial charge in [-0.3, -0.25) is 9.58 Å². The highest BCUT2D eigenvalue weighted by Crippen LogP contribution is 2.11. The van der Waals surface area contributed by atoms with Crippen molar-refractivity contribution in [1.29, 1.82) is 0 Å². The molecule has 2 atom stereocenters. The fourth-order valence-electron chi connectivity index (χ4n) is 3.15. The van der Waals surface area contributed by atoms with Gasteiger partial charge >= 0.3 is 0 Å². The fourth-order valence-corrected chi connectivity index (χ4v) is 3.15. The molecule has 1 saturated heterocycles. The van der Waals surface area contributed by atoms with E-state index in [1.54, 1.807) is 6.26 Å². The van der Waals surface area contributed by atoms with E-state index in [1.807, 2.05) is 23.7 Å². The lowest BCUT2D eigenvalue weighted by atomic mass is 10.2. The number of β-amino-alcohol motifs (C(OH)–C–C–N with tert-alkyl or cyclic N) is 1. The van der Waals surface area contributed by atoms with Gasteiger partial charge in [-0.2, -0.15) is 5.10 Å². The Bertz CT molecular complexity index is 641. The molecule has 3 heterocycles. The van der Waals surface area contributed by atoms with Gasteiger partial charge in [-0.1, -0.05) is 0 Å². The van der Waals surface area contributed by atoms with Gasteiger partial charge in [0, 0.05) is 25.3 Å². The smallest absolute Gasteiger partial charge is 0.129 e. The van der Waals surface area contributed by atoms with E-state index in [9.17, 15) is 5.11 Å². The fraction of sp³-hybridized carbons (Fsp3) is 0.611. The predicted octanol–water partition coefficient (Wildman–Crippen LogP) is 1.37. The number of aromatic nitrogens is 2. The zero-order valence-corrected chi connectivity index (χ0v) is 14.9. The number of ether oxygens (including phenoxy) is 2. The summed E-state index contributed by atoms with van der Waals surface area (Å²) in [6.45, 7) is 8.32.